The lowest BCUT2D eigenvalue weighted by molar-refractivity contribution is -0.139. The molecule has 0 saturated carbocycles. The number of hydrogen-bond donors (Lipinski definition) is 2. The highest BCUT2D eigenvalue weighted by molar-refractivity contribution is 7.78. The molecule has 0 aliphatic carbocycles. The highest BCUT2D eigenvalue weighted by atomic mass is 32.1. The second-order valence-corrected chi connectivity index (χ2v) is 4.79. The molecule has 2 aromatic rings. The van der Waals surface area contributed by atoms with Gasteiger partial charge in [0.2, 0.25) is 6.04 Å². The Hall–Kier alpha value is -2.67. The molecule has 1 unspecified atom stereocenters. The second kappa shape index (κ2) is 6.86. The number of carbonyl (C=O) groups excluding carboxylic acids is 2. The Labute approximate surface area is 131 Å². The van der Waals surface area contributed by atoms with Crippen LogP contribution in [0.2, 0.25) is 0 Å². The third kappa shape index (κ3) is 3.32. The number of carboxylic acid groups (broad SMARTS) is 1. The van der Waals surface area contributed by atoms with Gasteiger partial charge in [0.15, 0.2) is 5.78 Å². The van der Waals surface area contributed by atoms with Crippen LogP contribution in [0, 0.1) is 0 Å². The van der Waals surface area contributed by atoms with E-state index in [0.717, 1.165) is 0 Å². The summed E-state index contributed by atoms with van der Waals surface area (Å²) in [6.45, 7) is 0. The fraction of sp³-hybridized carbons (Fsp3) is 0.0667. The van der Waals surface area contributed by atoms with Crippen LogP contribution < -0.4 is 0 Å². The summed E-state index contributed by atoms with van der Waals surface area (Å²) in [5, 5.41) is 9.29. The van der Waals surface area contributed by atoms with Gasteiger partial charge in [-0.25, -0.2) is 4.79 Å². The topological polar surface area (TPSA) is 87.6 Å². The summed E-state index contributed by atoms with van der Waals surface area (Å²) in [4.78, 5) is 39.7. The van der Waals surface area contributed by atoms with Gasteiger partial charge in [-0.05, 0) is 24.3 Å². The third-order valence-corrected chi connectivity index (χ3v) is 3.31. The minimum absolute atomic E-state index is 0.0924. The number of nitrogens with zero attached hydrogens (tertiary/aromatic N) is 2. The van der Waals surface area contributed by atoms with E-state index in [1.54, 1.807) is 18.2 Å². The van der Waals surface area contributed by atoms with Gasteiger partial charge in [-0.15, -0.1) is 0 Å². The van der Waals surface area contributed by atoms with Gasteiger partial charge in [0.05, 0.1) is 0 Å². The molecule has 1 amide bonds. The number of carbonyl (C=O) groups is 3. The molecule has 0 fully saturated rings. The highest BCUT2D eigenvalue weighted by Crippen LogP contribution is 2.15. The molecular weight excluding hydrogens is 304 g/mol. The van der Waals surface area contributed by atoms with Crippen LogP contribution in [-0.4, -0.2) is 38.1 Å². The molecule has 0 aliphatic heterocycles. The van der Waals surface area contributed by atoms with Gasteiger partial charge in [-0.3, -0.25) is 18.9 Å². The van der Waals surface area contributed by atoms with Crippen LogP contribution >= 0.6 is 12.8 Å². The fourth-order valence-corrected chi connectivity index (χ4v) is 2.14. The van der Waals surface area contributed by atoms with Gasteiger partial charge >= 0.3 is 5.97 Å². The van der Waals surface area contributed by atoms with Crippen molar-refractivity contribution >= 4 is 30.5 Å². The summed E-state index contributed by atoms with van der Waals surface area (Å²) in [5.41, 5.74) is 0.331. The molecule has 1 heterocycles. The Morgan fingerprint density at radius 1 is 1.05 bits per heavy atom. The third-order valence-electron chi connectivity index (χ3n) is 2.90. The summed E-state index contributed by atoms with van der Waals surface area (Å²) in [6.07, 6.45) is 2.70. The molecule has 0 aliphatic rings. The first kappa shape index (κ1) is 15.7. The van der Waals surface area contributed by atoms with Crippen LogP contribution in [0.25, 0.3) is 0 Å². The number of pyridine rings is 1. The summed E-state index contributed by atoms with van der Waals surface area (Å²) in [7, 11) is 0. The SMILES string of the molecule is O=C(O)C(C(=O)c1cccnc1)N(S)C(=O)c1ccccc1. The molecule has 7 heteroatoms. The van der Waals surface area contributed by atoms with Crippen LogP contribution in [0.1, 0.15) is 20.7 Å². The largest absolute Gasteiger partial charge is 0.479 e. The molecule has 6 nitrogen and oxygen atoms in total. The lowest BCUT2D eigenvalue weighted by atomic mass is 10.1. The average Bonchev–Trinajstić information content (AvgIpc) is 2.55. The van der Waals surface area contributed by atoms with E-state index in [2.05, 4.69) is 17.8 Å². The Bertz CT molecular complexity index is 691. The molecule has 1 aromatic heterocycles. The predicted molar refractivity (Wildman–Crippen MR) is 81.6 cm³/mol. The maximum Gasteiger partial charge on any atom is 0.335 e. The fourth-order valence-electron chi connectivity index (χ4n) is 1.82. The first-order valence-corrected chi connectivity index (χ1v) is 6.67. The number of rotatable bonds is 5. The van der Waals surface area contributed by atoms with Gasteiger partial charge in [0.1, 0.15) is 0 Å². The van der Waals surface area contributed by atoms with Crippen molar-refractivity contribution in [3.05, 3.63) is 66.0 Å². The van der Waals surface area contributed by atoms with E-state index >= 15 is 0 Å². The van der Waals surface area contributed by atoms with Gasteiger partial charge in [-0.2, -0.15) is 0 Å². The van der Waals surface area contributed by atoms with Crippen molar-refractivity contribution in [2.45, 2.75) is 6.04 Å². The molecule has 112 valence electrons. The minimum atomic E-state index is -1.74. The van der Waals surface area contributed by atoms with Crippen LogP contribution in [0.5, 0.6) is 0 Å². The highest BCUT2D eigenvalue weighted by Gasteiger charge is 2.35. The van der Waals surface area contributed by atoms with Crippen LogP contribution in [0.3, 0.4) is 0 Å². The number of aromatic nitrogens is 1. The Balaban J connectivity index is 2.30. The first-order valence-electron chi connectivity index (χ1n) is 6.27. The number of thiol groups is 1. The zero-order chi connectivity index (χ0) is 16.1. The number of hydrogen-bond acceptors (Lipinski definition) is 5. The quantitative estimate of drug-likeness (QED) is 0.498. The summed E-state index contributed by atoms with van der Waals surface area (Å²) >= 11 is 3.92. The van der Waals surface area contributed by atoms with E-state index in [0.29, 0.717) is 4.31 Å². The normalized spacial score (nSPS) is 11.5. The van der Waals surface area contributed by atoms with Crippen molar-refractivity contribution in [3.8, 4) is 0 Å². The summed E-state index contributed by atoms with van der Waals surface area (Å²) in [6, 6.07) is 9.21. The van der Waals surface area contributed by atoms with Gasteiger partial charge in [0.25, 0.3) is 5.91 Å². The second-order valence-electron chi connectivity index (χ2n) is 4.36. The van der Waals surface area contributed by atoms with E-state index in [1.165, 1.54) is 36.7 Å². The molecule has 0 bridgehead atoms. The molecule has 1 atom stereocenters. The van der Waals surface area contributed by atoms with Crippen LogP contribution in [-0.2, 0) is 4.79 Å². The van der Waals surface area contributed by atoms with Gasteiger partial charge in [0, 0.05) is 23.5 Å². The Morgan fingerprint density at radius 2 is 1.68 bits per heavy atom. The lowest BCUT2D eigenvalue weighted by Crippen LogP contribution is -2.45. The van der Waals surface area contributed by atoms with Crippen LogP contribution in [0.15, 0.2) is 54.9 Å². The average molecular weight is 316 g/mol. The molecule has 0 radical (unpaired) electrons. The Kier molecular flexibility index (Phi) is 4.90. The monoisotopic (exact) mass is 316 g/mol. The van der Waals surface area contributed by atoms with Crippen molar-refractivity contribution < 1.29 is 19.5 Å². The van der Waals surface area contributed by atoms with E-state index in [1.807, 2.05) is 0 Å². The zero-order valence-electron chi connectivity index (χ0n) is 11.3. The first-order chi connectivity index (χ1) is 10.5. The molecule has 1 N–H and O–H groups in total. The smallest absolute Gasteiger partial charge is 0.335 e. The van der Waals surface area contributed by atoms with Crippen molar-refractivity contribution in [3.63, 3.8) is 0 Å². The molecule has 1 aromatic carbocycles. The molecular formula is C15H12N2O4S. The number of amides is 1. The molecule has 2 rings (SSSR count). The summed E-state index contributed by atoms with van der Waals surface area (Å²) < 4.78 is 0.618. The van der Waals surface area contributed by atoms with E-state index in [-0.39, 0.29) is 11.1 Å². The number of carboxylic acids is 1. The number of aliphatic carboxylic acids is 1. The van der Waals surface area contributed by atoms with E-state index in [9.17, 15) is 19.5 Å². The zero-order valence-corrected chi connectivity index (χ0v) is 12.2. The van der Waals surface area contributed by atoms with Crippen LogP contribution in [0.4, 0.5) is 0 Å². The maximum absolute atomic E-state index is 12.3. The number of benzene rings is 1. The molecule has 0 spiro atoms. The van der Waals surface area contributed by atoms with Gasteiger partial charge < -0.3 is 5.11 Å². The lowest BCUT2D eigenvalue weighted by Gasteiger charge is -2.22. The molecule has 0 saturated heterocycles. The summed E-state index contributed by atoms with van der Waals surface area (Å²) in [5.74, 6) is -2.90. The van der Waals surface area contributed by atoms with Crippen molar-refractivity contribution in [2.75, 3.05) is 0 Å². The van der Waals surface area contributed by atoms with Crippen molar-refractivity contribution in [1.82, 2.24) is 9.29 Å². The predicted octanol–water partition coefficient (Wildman–Crippen LogP) is 1.70. The standard InChI is InChI=1S/C15H12N2O4S/c18-13(11-7-4-8-16-9-11)12(15(20)21)17(22)14(19)10-5-2-1-3-6-10/h1-9,12,22H,(H,20,21). The van der Waals surface area contributed by atoms with E-state index in [4.69, 9.17) is 0 Å². The number of ketones is 1. The molecule has 22 heavy (non-hydrogen) atoms. The Morgan fingerprint density at radius 3 is 2.23 bits per heavy atom. The van der Waals surface area contributed by atoms with Crippen molar-refractivity contribution in [1.29, 1.82) is 0 Å². The van der Waals surface area contributed by atoms with Gasteiger partial charge in [-0.1, -0.05) is 31.0 Å². The minimum Gasteiger partial charge on any atom is -0.479 e. The van der Waals surface area contributed by atoms with Crippen molar-refractivity contribution in [2.24, 2.45) is 0 Å². The van der Waals surface area contributed by atoms with E-state index < -0.39 is 23.7 Å². The maximum atomic E-state index is 12.3. The number of Topliss-reactive ketones (excluding diaryl/α,β-unsaturated/α-hetero) is 1.